The molecule has 6 nitrogen and oxygen atoms in total. The van der Waals surface area contributed by atoms with Crippen molar-refractivity contribution in [2.45, 2.75) is 0 Å². The van der Waals surface area contributed by atoms with E-state index in [4.69, 9.17) is 10.5 Å². The molecule has 1 aliphatic heterocycles. The van der Waals surface area contributed by atoms with Crippen LogP contribution in [0.25, 0.3) is 6.08 Å². The van der Waals surface area contributed by atoms with E-state index >= 15 is 0 Å². The summed E-state index contributed by atoms with van der Waals surface area (Å²) in [6, 6.07) is 6.77. The first kappa shape index (κ1) is 13.2. The number of ether oxygens (including phenoxy) is 1. The average molecular weight is 278 g/mol. The zero-order valence-corrected chi connectivity index (χ0v) is 10.5. The third-order valence-electron chi connectivity index (χ3n) is 2.18. The summed E-state index contributed by atoms with van der Waals surface area (Å²) in [5.74, 6) is -0.526. The van der Waals surface area contributed by atoms with Crippen LogP contribution in [0.4, 0.5) is 4.79 Å². The molecule has 1 aromatic carbocycles. The number of nitrogens with one attached hydrogen (secondary N) is 1. The number of benzene rings is 1. The zero-order valence-electron chi connectivity index (χ0n) is 9.71. The Bertz CT molecular complexity index is 583. The van der Waals surface area contributed by atoms with Gasteiger partial charge < -0.3 is 10.5 Å². The number of hydrogen-bond acceptors (Lipinski definition) is 5. The summed E-state index contributed by atoms with van der Waals surface area (Å²) in [4.78, 5) is 33.3. The van der Waals surface area contributed by atoms with Crippen LogP contribution in [-0.4, -0.2) is 23.7 Å². The normalized spacial score (nSPS) is 16.5. The summed E-state index contributed by atoms with van der Waals surface area (Å²) in [5, 5.41) is 1.77. The van der Waals surface area contributed by atoms with E-state index < -0.39 is 17.1 Å². The molecule has 1 heterocycles. The molecule has 1 fully saturated rings. The second kappa shape index (κ2) is 5.57. The topological polar surface area (TPSA) is 98.5 Å². The highest BCUT2D eigenvalue weighted by molar-refractivity contribution is 8.18. The van der Waals surface area contributed by atoms with Gasteiger partial charge in [-0.25, -0.2) is 0 Å². The molecule has 0 spiro atoms. The Morgan fingerprint density at radius 1 is 1.42 bits per heavy atom. The maximum atomic E-state index is 11.4. The minimum absolute atomic E-state index is 0.215. The molecule has 19 heavy (non-hydrogen) atoms. The number of rotatable bonds is 4. The number of carbonyl (C=O) groups is 3. The molecule has 1 aliphatic rings. The summed E-state index contributed by atoms with van der Waals surface area (Å²) in [6.07, 6.45) is 1.57. The lowest BCUT2D eigenvalue weighted by Gasteiger charge is -2.04. The standard InChI is InChI=1S/C12H10N2O4S/c13-10(15)6-18-8-3-1-2-7(4-8)5-9-11(16)14-12(17)19-9/h1-5H,6H2,(H2,13,15)(H,14,16,17)/b9-5-. The van der Waals surface area contributed by atoms with E-state index in [1.807, 2.05) is 0 Å². The number of amides is 3. The molecule has 2 rings (SSSR count). The van der Waals surface area contributed by atoms with E-state index in [2.05, 4.69) is 5.32 Å². The quantitative estimate of drug-likeness (QED) is 0.796. The van der Waals surface area contributed by atoms with Gasteiger partial charge in [0.1, 0.15) is 5.75 Å². The maximum Gasteiger partial charge on any atom is 0.290 e. The predicted molar refractivity (Wildman–Crippen MR) is 70.2 cm³/mol. The fourth-order valence-corrected chi connectivity index (χ4v) is 2.10. The summed E-state index contributed by atoms with van der Waals surface area (Å²) in [7, 11) is 0. The molecule has 0 aliphatic carbocycles. The third-order valence-corrected chi connectivity index (χ3v) is 2.99. The lowest BCUT2D eigenvalue weighted by molar-refractivity contribution is -0.120. The van der Waals surface area contributed by atoms with Crippen molar-refractivity contribution in [3.63, 3.8) is 0 Å². The Morgan fingerprint density at radius 2 is 2.21 bits per heavy atom. The highest BCUT2D eigenvalue weighted by Crippen LogP contribution is 2.26. The van der Waals surface area contributed by atoms with Crippen LogP contribution in [-0.2, 0) is 9.59 Å². The van der Waals surface area contributed by atoms with E-state index in [0.717, 1.165) is 11.8 Å². The summed E-state index contributed by atoms with van der Waals surface area (Å²) in [5.41, 5.74) is 5.66. The lowest BCUT2D eigenvalue weighted by atomic mass is 10.2. The minimum Gasteiger partial charge on any atom is -0.484 e. The van der Waals surface area contributed by atoms with Crippen molar-refractivity contribution >= 4 is 34.9 Å². The van der Waals surface area contributed by atoms with Gasteiger partial charge in [-0.15, -0.1) is 0 Å². The van der Waals surface area contributed by atoms with Crippen molar-refractivity contribution < 1.29 is 19.1 Å². The average Bonchev–Trinajstić information content (AvgIpc) is 2.66. The maximum absolute atomic E-state index is 11.4. The monoisotopic (exact) mass is 278 g/mol. The molecule has 0 bridgehead atoms. The van der Waals surface area contributed by atoms with Crippen molar-refractivity contribution in [2.24, 2.45) is 5.73 Å². The van der Waals surface area contributed by atoms with Crippen molar-refractivity contribution in [1.29, 1.82) is 0 Å². The second-order valence-electron chi connectivity index (χ2n) is 3.68. The molecule has 1 aromatic rings. The van der Waals surface area contributed by atoms with E-state index in [9.17, 15) is 14.4 Å². The van der Waals surface area contributed by atoms with Gasteiger partial charge in [0.25, 0.3) is 17.1 Å². The molecule has 0 atom stereocenters. The van der Waals surface area contributed by atoms with Gasteiger partial charge in [0.05, 0.1) is 4.91 Å². The van der Waals surface area contributed by atoms with Crippen LogP contribution in [0.5, 0.6) is 5.75 Å². The van der Waals surface area contributed by atoms with Gasteiger partial charge in [0.15, 0.2) is 6.61 Å². The highest BCUT2D eigenvalue weighted by Gasteiger charge is 2.24. The van der Waals surface area contributed by atoms with Crippen LogP contribution in [0.2, 0.25) is 0 Å². The lowest BCUT2D eigenvalue weighted by Crippen LogP contribution is -2.20. The number of hydrogen-bond donors (Lipinski definition) is 2. The number of carbonyl (C=O) groups excluding carboxylic acids is 3. The van der Waals surface area contributed by atoms with Crippen LogP contribution < -0.4 is 15.8 Å². The molecule has 98 valence electrons. The molecule has 7 heteroatoms. The van der Waals surface area contributed by atoms with Gasteiger partial charge in [-0.3, -0.25) is 19.7 Å². The fourth-order valence-electron chi connectivity index (χ4n) is 1.42. The van der Waals surface area contributed by atoms with Gasteiger partial charge >= 0.3 is 0 Å². The van der Waals surface area contributed by atoms with E-state index in [0.29, 0.717) is 16.2 Å². The number of thioether (sulfide) groups is 1. The van der Waals surface area contributed by atoms with Gasteiger partial charge in [-0.2, -0.15) is 0 Å². The Hall–Kier alpha value is -2.28. The molecule has 0 aromatic heterocycles. The first-order valence-corrected chi connectivity index (χ1v) is 6.12. The van der Waals surface area contributed by atoms with Crippen LogP contribution in [0.3, 0.4) is 0 Å². The molecule has 3 amide bonds. The smallest absolute Gasteiger partial charge is 0.290 e. The SMILES string of the molecule is NC(=O)COc1cccc(/C=C2\SC(=O)NC2=O)c1. The number of imide groups is 1. The van der Waals surface area contributed by atoms with Crippen LogP contribution in [0, 0.1) is 0 Å². The number of nitrogens with two attached hydrogens (primary N) is 1. The molecular weight excluding hydrogens is 268 g/mol. The zero-order chi connectivity index (χ0) is 13.8. The molecule has 0 saturated carbocycles. The molecule has 1 saturated heterocycles. The van der Waals surface area contributed by atoms with Crippen molar-refractivity contribution in [2.75, 3.05) is 6.61 Å². The molecule has 0 radical (unpaired) electrons. The minimum atomic E-state index is -0.569. The van der Waals surface area contributed by atoms with Gasteiger partial charge in [0.2, 0.25) is 0 Å². The first-order valence-electron chi connectivity index (χ1n) is 5.30. The first-order chi connectivity index (χ1) is 9.04. The predicted octanol–water partition coefficient (Wildman–Crippen LogP) is 0.875. The van der Waals surface area contributed by atoms with E-state index in [-0.39, 0.29) is 6.61 Å². The summed E-state index contributed by atoms with van der Waals surface area (Å²) in [6.45, 7) is -0.215. The Kier molecular flexibility index (Phi) is 3.86. The Morgan fingerprint density at radius 3 is 2.84 bits per heavy atom. The Labute approximate surface area is 113 Å². The van der Waals surface area contributed by atoms with Crippen LogP contribution in [0.15, 0.2) is 29.2 Å². The van der Waals surface area contributed by atoms with Crippen molar-refractivity contribution in [1.82, 2.24) is 5.32 Å². The van der Waals surface area contributed by atoms with E-state index in [1.54, 1.807) is 30.3 Å². The summed E-state index contributed by atoms with van der Waals surface area (Å²) < 4.78 is 5.14. The highest BCUT2D eigenvalue weighted by atomic mass is 32.2. The van der Waals surface area contributed by atoms with Gasteiger partial charge in [0, 0.05) is 0 Å². The molecule has 0 unspecified atom stereocenters. The number of primary amides is 1. The Balaban J connectivity index is 2.15. The second-order valence-corrected chi connectivity index (χ2v) is 4.69. The summed E-state index contributed by atoms with van der Waals surface area (Å²) >= 11 is 0.839. The molecule has 3 N–H and O–H groups in total. The van der Waals surface area contributed by atoms with Gasteiger partial charge in [-0.1, -0.05) is 12.1 Å². The third kappa shape index (κ3) is 3.59. The van der Waals surface area contributed by atoms with Crippen LogP contribution in [0.1, 0.15) is 5.56 Å². The largest absolute Gasteiger partial charge is 0.484 e. The van der Waals surface area contributed by atoms with Gasteiger partial charge in [-0.05, 0) is 35.5 Å². The van der Waals surface area contributed by atoms with Crippen molar-refractivity contribution in [3.05, 3.63) is 34.7 Å². The molecular formula is C12H10N2O4S. The van der Waals surface area contributed by atoms with Crippen molar-refractivity contribution in [3.8, 4) is 5.75 Å². The van der Waals surface area contributed by atoms with E-state index in [1.165, 1.54) is 0 Å². The van der Waals surface area contributed by atoms with Crippen LogP contribution >= 0.6 is 11.8 Å². The fraction of sp³-hybridized carbons (Fsp3) is 0.0833.